The van der Waals surface area contributed by atoms with Crippen LogP contribution in [0.2, 0.25) is 0 Å². The van der Waals surface area contributed by atoms with Crippen molar-refractivity contribution < 1.29 is 14.3 Å². The van der Waals surface area contributed by atoms with Crippen molar-refractivity contribution in [2.45, 2.75) is 38.8 Å². The summed E-state index contributed by atoms with van der Waals surface area (Å²) in [4.78, 5) is 16.3. The van der Waals surface area contributed by atoms with Gasteiger partial charge in [-0.2, -0.15) is 0 Å². The first-order chi connectivity index (χ1) is 9.22. The van der Waals surface area contributed by atoms with Gasteiger partial charge in [0.1, 0.15) is 5.56 Å². The Labute approximate surface area is 113 Å². The SMILES string of the molecule is CCOc1ncccc1C(=O)NC(C)C1CCCO1. The Kier molecular flexibility index (Phi) is 4.74. The molecule has 0 spiro atoms. The number of carbonyl (C=O) groups is 1. The minimum Gasteiger partial charge on any atom is -0.477 e. The molecule has 1 amide bonds. The van der Waals surface area contributed by atoms with Gasteiger partial charge in [0.25, 0.3) is 5.91 Å². The van der Waals surface area contributed by atoms with Crippen molar-refractivity contribution in [1.29, 1.82) is 0 Å². The molecule has 0 saturated carbocycles. The summed E-state index contributed by atoms with van der Waals surface area (Å²) in [7, 11) is 0. The van der Waals surface area contributed by atoms with Gasteiger partial charge in [0.05, 0.1) is 18.8 Å². The van der Waals surface area contributed by atoms with Crippen LogP contribution in [0.25, 0.3) is 0 Å². The fourth-order valence-corrected chi connectivity index (χ4v) is 2.19. The molecule has 104 valence electrons. The Hall–Kier alpha value is -1.62. The Morgan fingerprint density at radius 1 is 1.68 bits per heavy atom. The molecule has 2 atom stereocenters. The van der Waals surface area contributed by atoms with E-state index in [1.165, 1.54) is 0 Å². The molecule has 1 saturated heterocycles. The Morgan fingerprint density at radius 2 is 2.53 bits per heavy atom. The molecular formula is C14H20N2O3. The lowest BCUT2D eigenvalue weighted by Gasteiger charge is -2.20. The fraction of sp³-hybridized carbons (Fsp3) is 0.571. The van der Waals surface area contributed by atoms with Crippen LogP contribution in [0, 0.1) is 0 Å². The van der Waals surface area contributed by atoms with Crippen LogP contribution < -0.4 is 10.1 Å². The van der Waals surface area contributed by atoms with E-state index in [0.717, 1.165) is 19.4 Å². The topological polar surface area (TPSA) is 60.5 Å². The molecule has 0 aromatic carbocycles. The van der Waals surface area contributed by atoms with Crippen molar-refractivity contribution in [2.75, 3.05) is 13.2 Å². The standard InChI is InChI=1S/C14H20N2O3/c1-3-18-14-11(6-4-8-15-14)13(17)16-10(2)12-7-5-9-19-12/h4,6,8,10,12H,3,5,7,9H2,1-2H3,(H,16,17). The van der Waals surface area contributed by atoms with Crippen LogP contribution in [0.15, 0.2) is 18.3 Å². The summed E-state index contributed by atoms with van der Waals surface area (Å²) in [6, 6.07) is 3.44. The van der Waals surface area contributed by atoms with Gasteiger partial charge in [-0.25, -0.2) is 4.98 Å². The van der Waals surface area contributed by atoms with Crippen LogP contribution in [0.1, 0.15) is 37.0 Å². The number of carbonyl (C=O) groups excluding carboxylic acids is 1. The highest BCUT2D eigenvalue weighted by atomic mass is 16.5. The molecule has 19 heavy (non-hydrogen) atoms. The normalized spacial score (nSPS) is 20.0. The Balaban J connectivity index is 2.02. The van der Waals surface area contributed by atoms with Gasteiger partial charge in [-0.1, -0.05) is 0 Å². The number of nitrogens with one attached hydrogen (secondary N) is 1. The third-order valence-electron chi connectivity index (χ3n) is 3.18. The Bertz CT molecular complexity index is 430. The van der Waals surface area contributed by atoms with E-state index < -0.39 is 0 Å². The molecule has 2 heterocycles. The fourth-order valence-electron chi connectivity index (χ4n) is 2.19. The zero-order chi connectivity index (χ0) is 13.7. The zero-order valence-electron chi connectivity index (χ0n) is 11.4. The van der Waals surface area contributed by atoms with E-state index >= 15 is 0 Å². The van der Waals surface area contributed by atoms with Gasteiger partial charge in [-0.05, 0) is 38.8 Å². The molecule has 0 aliphatic carbocycles. The number of hydrogen-bond acceptors (Lipinski definition) is 4. The molecule has 5 heteroatoms. The van der Waals surface area contributed by atoms with E-state index in [1.807, 2.05) is 13.8 Å². The van der Waals surface area contributed by atoms with E-state index in [9.17, 15) is 4.79 Å². The quantitative estimate of drug-likeness (QED) is 0.880. The molecule has 1 aromatic rings. The molecule has 1 aliphatic heterocycles. The molecule has 1 aliphatic rings. The summed E-state index contributed by atoms with van der Waals surface area (Å²) in [5, 5.41) is 2.95. The molecule has 1 fully saturated rings. The first-order valence-electron chi connectivity index (χ1n) is 6.72. The number of rotatable bonds is 5. The van der Waals surface area contributed by atoms with E-state index in [0.29, 0.717) is 18.1 Å². The number of aromatic nitrogens is 1. The summed E-state index contributed by atoms with van der Waals surface area (Å²) in [6.45, 7) is 5.09. The number of nitrogens with zero attached hydrogens (tertiary/aromatic N) is 1. The number of pyridine rings is 1. The number of amides is 1. The van der Waals surface area contributed by atoms with Crippen LogP contribution in [0.4, 0.5) is 0 Å². The highest BCUT2D eigenvalue weighted by molar-refractivity contribution is 5.96. The van der Waals surface area contributed by atoms with Crippen molar-refractivity contribution in [2.24, 2.45) is 0 Å². The van der Waals surface area contributed by atoms with Gasteiger partial charge < -0.3 is 14.8 Å². The maximum Gasteiger partial charge on any atom is 0.257 e. The van der Waals surface area contributed by atoms with Crippen LogP contribution in [-0.4, -0.2) is 36.3 Å². The summed E-state index contributed by atoms with van der Waals surface area (Å²) in [6.07, 6.45) is 3.77. The van der Waals surface area contributed by atoms with Gasteiger partial charge in [0, 0.05) is 12.8 Å². The van der Waals surface area contributed by atoms with Gasteiger partial charge in [-0.15, -0.1) is 0 Å². The second-order valence-corrected chi connectivity index (χ2v) is 4.60. The monoisotopic (exact) mass is 264 g/mol. The molecule has 0 bridgehead atoms. The third-order valence-corrected chi connectivity index (χ3v) is 3.18. The van der Waals surface area contributed by atoms with Crippen molar-refractivity contribution in [1.82, 2.24) is 10.3 Å². The minimum absolute atomic E-state index is 0.00955. The average Bonchev–Trinajstić information content (AvgIpc) is 2.93. The van der Waals surface area contributed by atoms with Crippen LogP contribution in [0.3, 0.4) is 0 Å². The molecule has 2 unspecified atom stereocenters. The lowest BCUT2D eigenvalue weighted by atomic mass is 10.1. The number of ether oxygens (including phenoxy) is 2. The van der Waals surface area contributed by atoms with Gasteiger partial charge in [0.15, 0.2) is 0 Å². The summed E-state index contributed by atoms with van der Waals surface area (Å²) in [5.74, 6) is 0.210. The molecule has 2 rings (SSSR count). The van der Waals surface area contributed by atoms with E-state index in [2.05, 4.69) is 10.3 Å². The molecule has 1 aromatic heterocycles. The first kappa shape index (κ1) is 13.8. The highest BCUT2D eigenvalue weighted by Gasteiger charge is 2.25. The molecule has 5 nitrogen and oxygen atoms in total. The van der Waals surface area contributed by atoms with Crippen molar-refractivity contribution >= 4 is 5.91 Å². The lowest BCUT2D eigenvalue weighted by Crippen LogP contribution is -2.41. The van der Waals surface area contributed by atoms with Crippen molar-refractivity contribution in [3.63, 3.8) is 0 Å². The van der Waals surface area contributed by atoms with Gasteiger partial charge in [0.2, 0.25) is 5.88 Å². The predicted molar refractivity (Wildman–Crippen MR) is 71.3 cm³/mol. The summed E-state index contributed by atoms with van der Waals surface area (Å²) < 4.78 is 10.9. The number of hydrogen-bond donors (Lipinski definition) is 1. The van der Waals surface area contributed by atoms with Crippen molar-refractivity contribution in [3.05, 3.63) is 23.9 Å². The lowest BCUT2D eigenvalue weighted by molar-refractivity contribution is 0.0710. The predicted octanol–water partition coefficient (Wildman–Crippen LogP) is 1.78. The molecule has 0 radical (unpaired) electrons. The first-order valence-corrected chi connectivity index (χ1v) is 6.72. The van der Waals surface area contributed by atoms with Gasteiger partial charge in [-0.3, -0.25) is 4.79 Å². The molecule has 1 N–H and O–H groups in total. The second kappa shape index (κ2) is 6.52. The second-order valence-electron chi connectivity index (χ2n) is 4.60. The minimum atomic E-state index is -0.167. The van der Waals surface area contributed by atoms with Crippen LogP contribution >= 0.6 is 0 Å². The smallest absolute Gasteiger partial charge is 0.257 e. The average molecular weight is 264 g/mol. The Morgan fingerprint density at radius 3 is 3.21 bits per heavy atom. The van der Waals surface area contributed by atoms with Crippen molar-refractivity contribution in [3.8, 4) is 5.88 Å². The largest absolute Gasteiger partial charge is 0.477 e. The third kappa shape index (κ3) is 3.44. The van der Waals surface area contributed by atoms with Gasteiger partial charge >= 0.3 is 0 Å². The van der Waals surface area contributed by atoms with Crippen LogP contribution in [0.5, 0.6) is 5.88 Å². The van der Waals surface area contributed by atoms with E-state index in [1.54, 1.807) is 18.3 Å². The van der Waals surface area contributed by atoms with Crippen LogP contribution in [-0.2, 0) is 4.74 Å². The van der Waals surface area contributed by atoms with E-state index in [4.69, 9.17) is 9.47 Å². The maximum absolute atomic E-state index is 12.2. The molecular weight excluding hydrogens is 244 g/mol. The summed E-state index contributed by atoms with van der Waals surface area (Å²) >= 11 is 0. The van der Waals surface area contributed by atoms with E-state index in [-0.39, 0.29) is 18.1 Å². The zero-order valence-corrected chi connectivity index (χ0v) is 11.4. The maximum atomic E-state index is 12.2. The highest BCUT2D eigenvalue weighted by Crippen LogP contribution is 2.18. The summed E-state index contributed by atoms with van der Waals surface area (Å²) in [5.41, 5.74) is 0.467.